The van der Waals surface area contributed by atoms with Gasteiger partial charge in [0.05, 0.1) is 11.2 Å². The lowest BCUT2D eigenvalue weighted by molar-refractivity contribution is 0.170. The number of nitrogens with two attached hydrogens (primary N) is 1. The van der Waals surface area contributed by atoms with E-state index < -0.39 is 0 Å². The molecule has 2 aromatic rings. The number of rotatable bonds is 5. The summed E-state index contributed by atoms with van der Waals surface area (Å²) in [5.74, 6) is 0.620. The van der Waals surface area contributed by atoms with Crippen LogP contribution in [0.15, 0.2) is 47.2 Å². The van der Waals surface area contributed by atoms with E-state index in [4.69, 9.17) is 22.1 Å². The Labute approximate surface area is 132 Å². The number of benzene rings is 1. The molecule has 1 aromatic carbocycles. The Hall–Kier alpha value is -1.10. The van der Waals surface area contributed by atoms with Crippen LogP contribution in [-0.4, -0.2) is 11.0 Å². The van der Waals surface area contributed by atoms with Crippen molar-refractivity contribution in [3.05, 3.63) is 57.8 Å². The number of nitrogens with zero attached hydrogens (tertiary/aromatic N) is 1. The minimum absolute atomic E-state index is 0.102. The monoisotopic (exact) mass is 354 g/mol. The zero-order valence-electron chi connectivity index (χ0n) is 11.1. The summed E-state index contributed by atoms with van der Waals surface area (Å²) in [5, 5.41) is 0.544. The lowest BCUT2D eigenvalue weighted by Crippen LogP contribution is -2.31. The highest BCUT2D eigenvalue weighted by molar-refractivity contribution is 9.10. The van der Waals surface area contributed by atoms with Gasteiger partial charge >= 0.3 is 0 Å². The van der Waals surface area contributed by atoms with Gasteiger partial charge in [-0.25, -0.2) is 0 Å². The quantitative estimate of drug-likeness (QED) is 0.867. The van der Waals surface area contributed by atoms with Gasteiger partial charge in [-0.05, 0) is 24.1 Å². The standard InChI is InChI=1S/C15H16BrClN2O/c1-2-14(18)15(10-3-5-11(16)6-4-10)20-13-7-12(17)8-19-9-13/h3-9,14-15H,2,18H2,1H3. The second kappa shape index (κ2) is 7.07. The van der Waals surface area contributed by atoms with Gasteiger partial charge in [0.25, 0.3) is 0 Å². The molecule has 1 heterocycles. The Kier molecular flexibility index (Phi) is 5.40. The van der Waals surface area contributed by atoms with Crippen molar-refractivity contribution in [3.8, 4) is 5.75 Å². The van der Waals surface area contributed by atoms with Crippen molar-refractivity contribution in [3.63, 3.8) is 0 Å². The molecule has 0 fully saturated rings. The third kappa shape index (κ3) is 3.95. The van der Waals surface area contributed by atoms with E-state index in [0.29, 0.717) is 10.8 Å². The van der Waals surface area contributed by atoms with Gasteiger partial charge in [0.1, 0.15) is 11.9 Å². The van der Waals surface area contributed by atoms with E-state index in [2.05, 4.69) is 20.9 Å². The van der Waals surface area contributed by atoms with Crippen LogP contribution in [0.25, 0.3) is 0 Å². The second-order valence-electron chi connectivity index (χ2n) is 4.50. The molecule has 0 aliphatic rings. The number of hydrogen-bond donors (Lipinski definition) is 1. The molecule has 1 aromatic heterocycles. The first-order valence-electron chi connectivity index (χ1n) is 6.38. The minimum Gasteiger partial charge on any atom is -0.482 e. The topological polar surface area (TPSA) is 48.1 Å². The maximum Gasteiger partial charge on any atom is 0.140 e. The van der Waals surface area contributed by atoms with Crippen LogP contribution >= 0.6 is 27.5 Å². The predicted octanol–water partition coefficient (Wildman–Crippen LogP) is 4.35. The summed E-state index contributed by atoms with van der Waals surface area (Å²) in [6.45, 7) is 2.04. The van der Waals surface area contributed by atoms with Gasteiger partial charge in [0, 0.05) is 22.8 Å². The summed E-state index contributed by atoms with van der Waals surface area (Å²) in [7, 11) is 0. The molecular weight excluding hydrogens is 340 g/mol. The lowest BCUT2D eigenvalue weighted by atomic mass is 10.0. The van der Waals surface area contributed by atoms with Crippen LogP contribution < -0.4 is 10.5 Å². The van der Waals surface area contributed by atoms with E-state index in [9.17, 15) is 0 Å². The summed E-state index contributed by atoms with van der Waals surface area (Å²) < 4.78 is 7.01. The Morgan fingerprint density at radius 2 is 2.00 bits per heavy atom. The Morgan fingerprint density at radius 3 is 2.60 bits per heavy atom. The average Bonchev–Trinajstić information content (AvgIpc) is 2.45. The third-order valence-electron chi connectivity index (χ3n) is 3.00. The van der Waals surface area contributed by atoms with E-state index in [-0.39, 0.29) is 12.1 Å². The second-order valence-corrected chi connectivity index (χ2v) is 5.85. The highest BCUT2D eigenvalue weighted by Crippen LogP contribution is 2.27. The number of pyridine rings is 1. The summed E-state index contributed by atoms with van der Waals surface area (Å²) >= 11 is 9.35. The van der Waals surface area contributed by atoms with E-state index in [1.54, 1.807) is 18.5 Å². The van der Waals surface area contributed by atoms with Crippen molar-refractivity contribution in [2.24, 2.45) is 5.73 Å². The predicted molar refractivity (Wildman–Crippen MR) is 85.0 cm³/mol. The van der Waals surface area contributed by atoms with E-state index in [1.807, 2.05) is 31.2 Å². The van der Waals surface area contributed by atoms with Gasteiger partial charge in [0.15, 0.2) is 0 Å². The molecule has 2 rings (SSSR count). The zero-order valence-corrected chi connectivity index (χ0v) is 13.4. The number of ether oxygens (including phenoxy) is 1. The Morgan fingerprint density at radius 1 is 1.30 bits per heavy atom. The highest BCUT2D eigenvalue weighted by Gasteiger charge is 2.20. The van der Waals surface area contributed by atoms with Gasteiger partial charge in [-0.3, -0.25) is 4.98 Å². The molecule has 106 valence electrons. The molecule has 0 aliphatic heterocycles. The van der Waals surface area contributed by atoms with E-state index in [1.165, 1.54) is 0 Å². The highest BCUT2D eigenvalue weighted by atomic mass is 79.9. The van der Waals surface area contributed by atoms with Gasteiger partial charge in [-0.2, -0.15) is 0 Å². The number of halogens is 2. The molecule has 20 heavy (non-hydrogen) atoms. The van der Waals surface area contributed by atoms with Crippen molar-refractivity contribution in [1.29, 1.82) is 0 Å². The summed E-state index contributed by atoms with van der Waals surface area (Å²) in [4.78, 5) is 4.02. The molecule has 2 N–H and O–H groups in total. The molecular formula is C15H16BrClN2O. The first-order valence-corrected chi connectivity index (χ1v) is 7.55. The first-order chi connectivity index (χ1) is 9.60. The Balaban J connectivity index is 2.26. The van der Waals surface area contributed by atoms with Crippen molar-refractivity contribution in [1.82, 2.24) is 4.98 Å². The van der Waals surface area contributed by atoms with Gasteiger partial charge < -0.3 is 10.5 Å². The van der Waals surface area contributed by atoms with Crippen LogP contribution in [0.2, 0.25) is 5.02 Å². The van der Waals surface area contributed by atoms with Crippen molar-refractivity contribution in [2.45, 2.75) is 25.5 Å². The van der Waals surface area contributed by atoms with Crippen LogP contribution in [0.5, 0.6) is 5.75 Å². The van der Waals surface area contributed by atoms with Crippen molar-refractivity contribution >= 4 is 27.5 Å². The molecule has 0 saturated heterocycles. The molecule has 0 aliphatic carbocycles. The first kappa shape index (κ1) is 15.3. The molecule has 0 saturated carbocycles. The minimum atomic E-state index is -0.228. The maximum absolute atomic E-state index is 6.18. The van der Waals surface area contributed by atoms with E-state index in [0.717, 1.165) is 16.5 Å². The molecule has 2 atom stereocenters. The fourth-order valence-corrected chi connectivity index (χ4v) is 2.30. The summed E-state index contributed by atoms with van der Waals surface area (Å²) in [5.41, 5.74) is 7.21. The average molecular weight is 356 g/mol. The normalized spacial score (nSPS) is 13.8. The van der Waals surface area contributed by atoms with Crippen LogP contribution in [-0.2, 0) is 0 Å². The van der Waals surface area contributed by atoms with Crippen LogP contribution in [0.1, 0.15) is 25.0 Å². The molecule has 5 heteroatoms. The lowest BCUT2D eigenvalue weighted by Gasteiger charge is -2.24. The number of aromatic nitrogens is 1. The van der Waals surface area contributed by atoms with E-state index >= 15 is 0 Å². The fourth-order valence-electron chi connectivity index (χ4n) is 1.87. The number of hydrogen-bond acceptors (Lipinski definition) is 3. The van der Waals surface area contributed by atoms with Gasteiger partial charge in [-0.15, -0.1) is 0 Å². The van der Waals surface area contributed by atoms with Crippen LogP contribution in [0, 0.1) is 0 Å². The maximum atomic E-state index is 6.18. The van der Waals surface area contributed by atoms with Gasteiger partial charge in [-0.1, -0.05) is 46.6 Å². The van der Waals surface area contributed by atoms with Crippen molar-refractivity contribution in [2.75, 3.05) is 0 Å². The summed E-state index contributed by atoms with van der Waals surface area (Å²) in [6.07, 6.45) is 3.80. The van der Waals surface area contributed by atoms with Crippen LogP contribution in [0.3, 0.4) is 0 Å². The zero-order chi connectivity index (χ0) is 14.5. The molecule has 2 unspecified atom stereocenters. The molecule has 0 amide bonds. The Bertz CT molecular complexity index is 562. The van der Waals surface area contributed by atoms with Crippen LogP contribution in [0.4, 0.5) is 0 Å². The SMILES string of the molecule is CCC(N)C(Oc1cncc(Cl)c1)c1ccc(Br)cc1. The molecule has 0 spiro atoms. The largest absolute Gasteiger partial charge is 0.482 e. The molecule has 0 radical (unpaired) electrons. The fraction of sp³-hybridized carbons (Fsp3) is 0.267. The smallest absolute Gasteiger partial charge is 0.140 e. The molecule has 3 nitrogen and oxygen atoms in total. The van der Waals surface area contributed by atoms with Crippen molar-refractivity contribution < 1.29 is 4.74 Å². The molecule has 0 bridgehead atoms. The third-order valence-corrected chi connectivity index (χ3v) is 3.74. The summed E-state index contributed by atoms with van der Waals surface area (Å²) in [6, 6.07) is 9.59. The van der Waals surface area contributed by atoms with Gasteiger partial charge in [0.2, 0.25) is 0 Å².